The van der Waals surface area contributed by atoms with Gasteiger partial charge in [-0.05, 0) is 11.0 Å². The zero-order valence-electron chi connectivity index (χ0n) is 11.3. The van der Waals surface area contributed by atoms with Gasteiger partial charge in [0.15, 0.2) is 0 Å². The van der Waals surface area contributed by atoms with Crippen LogP contribution in [0.3, 0.4) is 0 Å². The number of nitrogens with zero attached hydrogens (tertiary/aromatic N) is 1. The summed E-state index contributed by atoms with van der Waals surface area (Å²) in [6.07, 6.45) is -0.0245. The van der Waals surface area contributed by atoms with Crippen molar-refractivity contribution in [2.75, 3.05) is 6.54 Å². The molecular formula is C15H21F2N. The molecule has 3 heteroatoms. The van der Waals surface area contributed by atoms with Crippen LogP contribution in [0.5, 0.6) is 0 Å². The third-order valence-corrected chi connectivity index (χ3v) is 3.60. The third kappa shape index (κ3) is 3.08. The van der Waals surface area contributed by atoms with Crippen molar-refractivity contribution in [3.8, 4) is 0 Å². The summed E-state index contributed by atoms with van der Waals surface area (Å²) in [7, 11) is 0. The van der Waals surface area contributed by atoms with Gasteiger partial charge in [0.05, 0.1) is 6.54 Å². The molecule has 1 saturated heterocycles. The molecule has 0 spiro atoms. The number of hydrogen-bond donors (Lipinski definition) is 0. The third-order valence-electron chi connectivity index (χ3n) is 3.60. The standard InChI is InChI=1S/C15H21F2N/c1-14(2,3)13-9-15(16,17)11-18(13)10-12-7-5-4-6-8-12/h4-8,13H,9-11H2,1-3H3. The fourth-order valence-corrected chi connectivity index (χ4v) is 2.72. The summed E-state index contributed by atoms with van der Waals surface area (Å²) in [4.78, 5) is 1.93. The molecule has 100 valence electrons. The summed E-state index contributed by atoms with van der Waals surface area (Å²) in [6.45, 7) is 6.60. The summed E-state index contributed by atoms with van der Waals surface area (Å²) >= 11 is 0. The monoisotopic (exact) mass is 253 g/mol. The van der Waals surface area contributed by atoms with E-state index >= 15 is 0 Å². The molecule has 0 amide bonds. The van der Waals surface area contributed by atoms with Crippen LogP contribution in [0.25, 0.3) is 0 Å². The van der Waals surface area contributed by atoms with E-state index in [2.05, 4.69) is 0 Å². The first-order chi connectivity index (χ1) is 8.28. The lowest BCUT2D eigenvalue weighted by Crippen LogP contribution is -2.38. The highest BCUT2D eigenvalue weighted by Crippen LogP contribution is 2.40. The lowest BCUT2D eigenvalue weighted by molar-refractivity contribution is 0.0109. The second-order valence-electron chi connectivity index (χ2n) is 6.33. The number of hydrogen-bond acceptors (Lipinski definition) is 1. The smallest absolute Gasteiger partial charge is 0.262 e. The fourth-order valence-electron chi connectivity index (χ4n) is 2.72. The second kappa shape index (κ2) is 4.61. The Bertz CT molecular complexity index is 395. The van der Waals surface area contributed by atoms with Crippen molar-refractivity contribution in [2.45, 2.75) is 45.7 Å². The van der Waals surface area contributed by atoms with E-state index in [1.165, 1.54) is 0 Å². The highest BCUT2D eigenvalue weighted by Gasteiger charge is 2.48. The van der Waals surface area contributed by atoms with Crippen LogP contribution in [0.2, 0.25) is 0 Å². The van der Waals surface area contributed by atoms with E-state index in [0.717, 1.165) is 5.56 Å². The van der Waals surface area contributed by atoms with Crippen molar-refractivity contribution < 1.29 is 8.78 Å². The van der Waals surface area contributed by atoms with Gasteiger partial charge in [0.2, 0.25) is 0 Å². The van der Waals surface area contributed by atoms with Crippen LogP contribution in [0, 0.1) is 5.41 Å². The molecule has 1 fully saturated rings. The second-order valence-corrected chi connectivity index (χ2v) is 6.33. The first-order valence-corrected chi connectivity index (χ1v) is 6.44. The molecule has 1 aromatic rings. The van der Waals surface area contributed by atoms with Crippen LogP contribution in [0.4, 0.5) is 8.78 Å². The molecule has 0 aromatic heterocycles. The van der Waals surface area contributed by atoms with E-state index in [9.17, 15) is 8.78 Å². The van der Waals surface area contributed by atoms with Crippen molar-refractivity contribution in [3.63, 3.8) is 0 Å². The van der Waals surface area contributed by atoms with Gasteiger partial charge in [-0.1, -0.05) is 51.1 Å². The van der Waals surface area contributed by atoms with Gasteiger partial charge in [-0.25, -0.2) is 8.78 Å². The normalized spacial score (nSPS) is 24.4. The highest BCUT2D eigenvalue weighted by atomic mass is 19.3. The maximum Gasteiger partial charge on any atom is 0.262 e. The van der Waals surface area contributed by atoms with Crippen molar-refractivity contribution >= 4 is 0 Å². The van der Waals surface area contributed by atoms with E-state index in [1.54, 1.807) is 0 Å². The maximum atomic E-state index is 13.6. The molecule has 1 unspecified atom stereocenters. The summed E-state index contributed by atoms with van der Waals surface area (Å²) in [5.74, 6) is -2.55. The van der Waals surface area contributed by atoms with Crippen molar-refractivity contribution in [1.29, 1.82) is 0 Å². The minimum absolute atomic E-state index is 0.0245. The molecule has 0 aliphatic carbocycles. The molecule has 18 heavy (non-hydrogen) atoms. The summed E-state index contributed by atoms with van der Waals surface area (Å²) in [5, 5.41) is 0. The molecule has 1 heterocycles. The predicted molar refractivity (Wildman–Crippen MR) is 69.7 cm³/mol. The van der Waals surface area contributed by atoms with Crippen LogP contribution < -0.4 is 0 Å². The zero-order valence-corrected chi connectivity index (χ0v) is 11.3. The Hall–Kier alpha value is -0.960. The molecule has 0 N–H and O–H groups in total. The number of likely N-dealkylation sites (tertiary alicyclic amines) is 1. The Labute approximate surface area is 108 Å². The van der Waals surface area contributed by atoms with Crippen LogP contribution in [-0.2, 0) is 6.54 Å². The van der Waals surface area contributed by atoms with Gasteiger partial charge >= 0.3 is 0 Å². The summed E-state index contributed by atoms with van der Waals surface area (Å²) < 4.78 is 27.3. The van der Waals surface area contributed by atoms with Crippen molar-refractivity contribution in [3.05, 3.63) is 35.9 Å². The molecular weight excluding hydrogens is 232 g/mol. The molecule has 1 aromatic carbocycles. The number of halogens is 2. The van der Waals surface area contributed by atoms with Crippen molar-refractivity contribution in [1.82, 2.24) is 4.90 Å². The zero-order chi connectivity index (χ0) is 13.4. The fraction of sp³-hybridized carbons (Fsp3) is 0.600. The van der Waals surface area contributed by atoms with Gasteiger partial charge in [-0.2, -0.15) is 0 Å². The first-order valence-electron chi connectivity index (χ1n) is 6.44. The lowest BCUT2D eigenvalue weighted by atomic mass is 9.84. The molecule has 0 saturated carbocycles. The van der Waals surface area contributed by atoms with Gasteiger partial charge in [0, 0.05) is 19.0 Å². The van der Waals surface area contributed by atoms with E-state index in [1.807, 2.05) is 56.0 Å². The molecule has 0 radical (unpaired) electrons. The Kier molecular flexibility index (Phi) is 3.45. The van der Waals surface area contributed by atoms with Crippen molar-refractivity contribution in [2.24, 2.45) is 5.41 Å². The lowest BCUT2D eigenvalue weighted by Gasteiger charge is -2.34. The van der Waals surface area contributed by atoms with E-state index in [0.29, 0.717) is 6.54 Å². The van der Waals surface area contributed by atoms with Gasteiger partial charge in [-0.15, -0.1) is 0 Å². The topological polar surface area (TPSA) is 3.24 Å². The van der Waals surface area contributed by atoms with Gasteiger partial charge in [0.1, 0.15) is 0 Å². The Morgan fingerprint density at radius 3 is 2.39 bits per heavy atom. The average Bonchev–Trinajstić information content (AvgIpc) is 2.55. The van der Waals surface area contributed by atoms with Crippen LogP contribution in [0.1, 0.15) is 32.8 Å². The Balaban J connectivity index is 2.15. The molecule has 2 rings (SSSR count). The Morgan fingerprint density at radius 2 is 1.83 bits per heavy atom. The molecule has 1 atom stereocenters. The van der Waals surface area contributed by atoms with Crippen LogP contribution in [-0.4, -0.2) is 23.4 Å². The number of benzene rings is 1. The van der Waals surface area contributed by atoms with Crippen LogP contribution in [0.15, 0.2) is 30.3 Å². The SMILES string of the molecule is CC(C)(C)C1CC(F)(F)CN1Cc1ccccc1. The van der Waals surface area contributed by atoms with Crippen LogP contribution >= 0.6 is 0 Å². The minimum atomic E-state index is -2.55. The minimum Gasteiger partial charge on any atom is -0.289 e. The number of rotatable bonds is 2. The molecule has 0 bridgehead atoms. The summed E-state index contributed by atoms with van der Waals surface area (Å²) in [5.41, 5.74) is 0.985. The average molecular weight is 253 g/mol. The quantitative estimate of drug-likeness (QED) is 0.771. The Morgan fingerprint density at radius 1 is 1.22 bits per heavy atom. The molecule has 1 aliphatic rings. The van der Waals surface area contributed by atoms with E-state index in [-0.39, 0.29) is 24.4 Å². The molecule has 1 nitrogen and oxygen atoms in total. The van der Waals surface area contributed by atoms with Gasteiger partial charge < -0.3 is 0 Å². The van der Waals surface area contributed by atoms with Gasteiger partial charge in [0.25, 0.3) is 5.92 Å². The summed E-state index contributed by atoms with van der Waals surface area (Å²) in [6, 6.07) is 9.79. The maximum absolute atomic E-state index is 13.6. The number of alkyl halides is 2. The van der Waals surface area contributed by atoms with E-state index < -0.39 is 5.92 Å². The van der Waals surface area contributed by atoms with E-state index in [4.69, 9.17) is 0 Å². The largest absolute Gasteiger partial charge is 0.289 e. The molecule has 1 aliphatic heterocycles. The first kappa shape index (κ1) is 13.5. The van der Waals surface area contributed by atoms with Gasteiger partial charge in [-0.3, -0.25) is 4.90 Å². The predicted octanol–water partition coefficient (Wildman–Crippen LogP) is 3.94. The highest BCUT2D eigenvalue weighted by molar-refractivity contribution is 5.15.